The summed E-state index contributed by atoms with van der Waals surface area (Å²) in [6, 6.07) is 18.5. The first-order chi connectivity index (χ1) is 10.9. The van der Waals surface area contributed by atoms with Crippen LogP contribution < -0.4 is 9.55 Å². The van der Waals surface area contributed by atoms with Crippen molar-refractivity contribution in [3.8, 4) is 11.8 Å². The average molecular weight is 290 g/mol. The molecule has 1 N–H and O–H groups in total. The number of benzene rings is 1. The fraction of sp³-hybridized carbons (Fsp3) is 0.200. The van der Waals surface area contributed by atoms with E-state index in [-0.39, 0.29) is 0 Å². The molecule has 0 aliphatic carbocycles. The van der Waals surface area contributed by atoms with E-state index in [9.17, 15) is 0 Å². The van der Waals surface area contributed by atoms with Gasteiger partial charge in [-0.05, 0) is 25.1 Å². The fourth-order valence-corrected chi connectivity index (χ4v) is 2.32. The lowest BCUT2D eigenvalue weighted by Gasteiger charge is -2.00. The highest BCUT2D eigenvalue weighted by Crippen LogP contribution is 2.10. The van der Waals surface area contributed by atoms with Gasteiger partial charge in [-0.3, -0.25) is 0 Å². The van der Waals surface area contributed by atoms with Crippen molar-refractivity contribution in [3.63, 3.8) is 0 Å². The smallest absolute Gasteiger partial charge is 0.204 e. The van der Waals surface area contributed by atoms with E-state index in [0.29, 0.717) is 0 Å². The van der Waals surface area contributed by atoms with Gasteiger partial charge in [0.2, 0.25) is 5.52 Å². The van der Waals surface area contributed by atoms with Crippen molar-refractivity contribution in [1.29, 1.82) is 0 Å². The van der Waals surface area contributed by atoms with Crippen LogP contribution in [0, 0.1) is 11.8 Å². The van der Waals surface area contributed by atoms with E-state index in [1.807, 2.05) is 38.2 Å². The molecule has 0 unspecified atom stereocenters. The van der Waals surface area contributed by atoms with Crippen LogP contribution in [0.1, 0.15) is 32.2 Å². The Morgan fingerprint density at radius 2 is 1.68 bits per heavy atom. The van der Waals surface area contributed by atoms with Crippen LogP contribution in [0.2, 0.25) is 0 Å². The Kier molecular flexibility index (Phi) is 5.68. The molecular weight excluding hydrogens is 268 g/mol. The summed E-state index contributed by atoms with van der Waals surface area (Å²) in [7, 11) is 0. The number of fused-ring (bicyclic) bond motifs is 1. The van der Waals surface area contributed by atoms with Gasteiger partial charge in [0.15, 0.2) is 6.20 Å². The van der Waals surface area contributed by atoms with Gasteiger partial charge in [0.25, 0.3) is 11.4 Å². The third-order valence-corrected chi connectivity index (χ3v) is 3.29. The summed E-state index contributed by atoms with van der Waals surface area (Å²) in [6.07, 6.45) is 1.89. The molecule has 0 fully saturated rings. The predicted octanol–water partition coefficient (Wildman–Crippen LogP) is 3.39. The standard InChI is InChI=1S/C18H15N2.C2H6/c1-2-20-17(13-11-16-8-5-6-14-19-16)12-10-15-7-3-4-9-18(15)20;1-2/h3-10,12,14H,2H2,1H3;1-2H3/q+1;/p+1. The van der Waals surface area contributed by atoms with E-state index in [4.69, 9.17) is 0 Å². The highest BCUT2D eigenvalue weighted by molar-refractivity contribution is 5.75. The molecule has 0 radical (unpaired) electrons. The predicted molar refractivity (Wildman–Crippen MR) is 90.1 cm³/mol. The molecule has 22 heavy (non-hydrogen) atoms. The van der Waals surface area contributed by atoms with Crippen molar-refractivity contribution in [2.75, 3.05) is 0 Å². The maximum Gasteiger partial charge on any atom is 0.257 e. The van der Waals surface area contributed by atoms with Gasteiger partial charge >= 0.3 is 0 Å². The van der Waals surface area contributed by atoms with Gasteiger partial charge in [0.05, 0.1) is 0 Å². The van der Waals surface area contributed by atoms with Gasteiger partial charge in [0.1, 0.15) is 6.54 Å². The molecule has 0 aliphatic heterocycles. The van der Waals surface area contributed by atoms with Crippen molar-refractivity contribution in [2.24, 2.45) is 0 Å². The van der Waals surface area contributed by atoms with E-state index in [2.05, 4.69) is 64.7 Å². The molecule has 2 heterocycles. The van der Waals surface area contributed by atoms with E-state index in [1.165, 1.54) is 10.9 Å². The second kappa shape index (κ2) is 7.95. The van der Waals surface area contributed by atoms with Crippen molar-refractivity contribution in [3.05, 3.63) is 72.2 Å². The summed E-state index contributed by atoms with van der Waals surface area (Å²) in [5.41, 5.74) is 3.17. The van der Waals surface area contributed by atoms with Gasteiger partial charge in [0, 0.05) is 41.5 Å². The lowest BCUT2D eigenvalue weighted by molar-refractivity contribution is -0.670. The first-order valence-corrected chi connectivity index (χ1v) is 7.79. The molecule has 0 aliphatic rings. The SMILES string of the molecule is CC.CC[n+]1c(C#Cc2cccc[nH+]2)ccc2ccccc21. The zero-order valence-electron chi connectivity index (χ0n) is 13.4. The molecule has 2 aromatic heterocycles. The summed E-state index contributed by atoms with van der Waals surface area (Å²) < 4.78 is 2.24. The molecule has 3 aromatic rings. The number of pyridine rings is 2. The Bertz CT molecular complexity index is 796. The van der Waals surface area contributed by atoms with Crippen LogP contribution >= 0.6 is 0 Å². The summed E-state index contributed by atoms with van der Waals surface area (Å²) in [4.78, 5) is 3.13. The van der Waals surface area contributed by atoms with E-state index in [1.54, 1.807) is 0 Å². The van der Waals surface area contributed by atoms with Crippen molar-refractivity contribution < 1.29 is 9.55 Å². The lowest BCUT2D eigenvalue weighted by atomic mass is 10.2. The molecule has 3 rings (SSSR count). The van der Waals surface area contributed by atoms with Crippen molar-refractivity contribution >= 4 is 10.9 Å². The molecule has 0 saturated carbocycles. The maximum absolute atomic E-state index is 3.25. The second-order valence-electron chi connectivity index (χ2n) is 4.55. The maximum atomic E-state index is 3.25. The van der Waals surface area contributed by atoms with Crippen LogP contribution in [-0.4, -0.2) is 0 Å². The third-order valence-electron chi connectivity index (χ3n) is 3.29. The highest BCUT2D eigenvalue weighted by atomic mass is 15.0. The summed E-state index contributed by atoms with van der Waals surface area (Å²) in [6.45, 7) is 7.05. The number of aromatic nitrogens is 2. The Labute approximate surface area is 132 Å². The molecule has 0 amide bonds. The number of nitrogens with one attached hydrogen (secondary N) is 1. The number of H-pyrrole nitrogens is 1. The van der Waals surface area contributed by atoms with E-state index < -0.39 is 0 Å². The molecule has 2 nitrogen and oxygen atoms in total. The Balaban J connectivity index is 0.000000847. The quantitative estimate of drug-likeness (QED) is 0.483. The average Bonchev–Trinajstić information content (AvgIpc) is 2.62. The number of aryl methyl sites for hydroxylation is 1. The molecule has 0 bridgehead atoms. The van der Waals surface area contributed by atoms with E-state index in [0.717, 1.165) is 17.9 Å². The zero-order chi connectivity index (χ0) is 15.8. The molecule has 0 atom stereocenters. The third kappa shape index (κ3) is 3.51. The minimum Gasteiger partial charge on any atom is -0.204 e. The highest BCUT2D eigenvalue weighted by Gasteiger charge is 2.11. The minimum atomic E-state index is 0.907. The second-order valence-corrected chi connectivity index (χ2v) is 4.55. The van der Waals surface area contributed by atoms with Crippen LogP contribution in [0.3, 0.4) is 0 Å². The van der Waals surface area contributed by atoms with Crippen LogP contribution in [0.5, 0.6) is 0 Å². The number of hydrogen-bond acceptors (Lipinski definition) is 0. The monoisotopic (exact) mass is 290 g/mol. The Hall–Kier alpha value is -2.66. The van der Waals surface area contributed by atoms with Crippen molar-refractivity contribution in [2.45, 2.75) is 27.3 Å². The summed E-state index contributed by atoms with van der Waals surface area (Å²) in [5, 5.41) is 1.24. The van der Waals surface area contributed by atoms with Gasteiger partial charge < -0.3 is 0 Å². The number of para-hydroxylation sites is 1. The fourth-order valence-electron chi connectivity index (χ4n) is 2.32. The first-order valence-electron chi connectivity index (χ1n) is 7.79. The molecule has 0 saturated heterocycles. The normalized spacial score (nSPS) is 9.41. The van der Waals surface area contributed by atoms with Gasteiger partial charge in [-0.15, -0.1) is 0 Å². The number of rotatable bonds is 1. The van der Waals surface area contributed by atoms with E-state index >= 15 is 0 Å². The van der Waals surface area contributed by atoms with Crippen LogP contribution in [-0.2, 0) is 6.54 Å². The molecule has 2 heteroatoms. The Morgan fingerprint density at radius 3 is 2.41 bits per heavy atom. The number of nitrogens with zero attached hydrogens (tertiary/aromatic N) is 1. The van der Waals surface area contributed by atoms with Crippen LogP contribution in [0.4, 0.5) is 0 Å². The largest absolute Gasteiger partial charge is 0.257 e. The van der Waals surface area contributed by atoms with Gasteiger partial charge in [-0.25, -0.2) is 4.98 Å². The first kappa shape index (κ1) is 15.7. The lowest BCUT2D eigenvalue weighted by Crippen LogP contribution is -2.37. The zero-order valence-corrected chi connectivity index (χ0v) is 13.4. The van der Waals surface area contributed by atoms with Gasteiger partial charge in [-0.2, -0.15) is 4.57 Å². The Morgan fingerprint density at radius 1 is 0.909 bits per heavy atom. The van der Waals surface area contributed by atoms with Crippen LogP contribution in [0.15, 0.2) is 60.8 Å². The molecule has 110 valence electrons. The topological polar surface area (TPSA) is 18.0 Å². The van der Waals surface area contributed by atoms with Gasteiger partial charge in [-0.1, -0.05) is 26.0 Å². The minimum absolute atomic E-state index is 0.907. The molecule has 1 aromatic carbocycles. The van der Waals surface area contributed by atoms with Crippen molar-refractivity contribution in [1.82, 2.24) is 0 Å². The molecular formula is C20H22N2+2. The number of aromatic amines is 1. The molecule has 0 spiro atoms. The summed E-state index contributed by atoms with van der Waals surface area (Å²) >= 11 is 0. The summed E-state index contributed by atoms with van der Waals surface area (Å²) in [5.74, 6) is 6.43. The van der Waals surface area contributed by atoms with Crippen LogP contribution in [0.25, 0.3) is 10.9 Å². The number of hydrogen-bond donors (Lipinski definition) is 0.